The molecule has 4 heteroatoms. The molecule has 3 nitrogen and oxygen atoms in total. The minimum atomic E-state index is 0.0623. The lowest BCUT2D eigenvalue weighted by Crippen LogP contribution is -2.46. The van der Waals surface area contributed by atoms with Gasteiger partial charge in [-0.25, -0.2) is 0 Å². The standard InChI is InChI=1S/C16H23NO2S/c1-12-3-2-4-14(15(12)17)19-13-5-8-18-16(11-13)6-9-20-10-7-16/h2-4,13H,5-11,17H2,1H3. The Morgan fingerprint density at radius 1 is 1.35 bits per heavy atom. The number of benzene rings is 1. The summed E-state index contributed by atoms with van der Waals surface area (Å²) in [5.74, 6) is 3.25. The minimum absolute atomic E-state index is 0.0623. The Balaban J connectivity index is 1.69. The molecule has 0 amide bonds. The average Bonchev–Trinajstić information content (AvgIpc) is 2.45. The van der Waals surface area contributed by atoms with Crippen LogP contribution in [0.2, 0.25) is 0 Å². The highest BCUT2D eigenvalue weighted by Gasteiger charge is 2.39. The molecule has 2 aliphatic rings. The van der Waals surface area contributed by atoms with Gasteiger partial charge in [0.2, 0.25) is 0 Å². The highest BCUT2D eigenvalue weighted by Crippen LogP contribution is 2.39. The van der Waals surface area contributed by atoms with Crippen LogP contribution in [0, 0.1) is 6.92 Å². The summed E-state index contributed by atoms with van der Waals surface area (Å²) >= 11 is 2.03. The molecule has 0 aromatic heterocycles. The SMILES string of the molecule is Cc1cccc(OC2CCOC3(CCSCC3)C2)c1N. The molecule has 2 heterocycles. The zero-order valence-corrected chi connectivity index (χ0v) is 12.9. The maximum atomic E-state index is 6.18. The van der Waals surface area contributed by atoms with Crippen LogP contribution in [0.3, 0.4) is 0 Å². The smallest absolute Gasteiger partial charge is 0.142 e. The van der Waals surface area contributed by atoms with Crippen molar-refractivity contribution in [3.05, 3.63) is 23.8 Å². The number of hydrogen-bond donors (Lipinski definition) is 1. The first-order chi connectivity index (χ1) is 9.69. The van der Waals surface area contributed by atoms with E-state index in [-0.39, 0.29) is 11.7 Å². The Labute approximate surface area is 125 Å². The average molecular weight is 293 g/mol. The van der Waals surface area contributed by atoms with Crippen molar-refractivity contribution in [1.29, 1.82) is 0 Å². The van der Waals surface area contributed by atoms with Crippen molar-refractivity contribution in [3.63, 3.8) is 0 Å². The van der Waals surface area contributed by atoms with E-state index < -0.39 is 0 Å². The van der Waals surface area contributed by atoms with Crippen LogP contribution < -0.4 is 10.5 Å². The molecule has 0 saturated carbocycles. The fourth-order valence-electron chi connectivity index (χ4n) is 3.11. The number of aryl methyl sites for hydroxylation is 1. The fraction of sp³-hybridized carbons (Fsp3) is 0.625. The molecule has 0 bridgehead atoms. The Morgan fingerprint density at radius 2 is 2.15 bits per heavy atom. The molecule has 2 fully saturated rings. The molecule has 1 aromatic rings. The third-order valence-corrected chi connectivity index (χ3v) is 5.42. The van der Waals surface area contributed by atoms with E-state index in [0.717, 1.165) is 49.3 Å². The molecule has 20 heavy (non-hydrogen) atoms. The van der Waals surface area contributed by atoms with Crippen molar-refractivity contribution in [2.75, 3.05) is 23.8 Å². The summed E-state index contributed by atoms with van der Waals surface area (Å²) in [4.78, 5) is 0. The van der Waals surface area contributed by atoms with Gasteiger partial charge in [0, 0.05) is 12.8 Å². The molecule has 1 spiro atoms. The molecule has 2 N–H and O–H groups in total. The van der Waals surface area contributed by atoms with E-state index in [1.54, 1.807) is 0 Å². The third-order valence-electron chi connectivity index (χ3n) is 4.43. The number of rotatable bonds is 2. The lowest BCUT2D eigenvalue weighted by atomic mass is 9.86. The van der Waals surface area contributed by atoms with Crippen molar-refractivity contribution in [2.24, 2.45) is 0 Å². The predicted molar refractivity (Wildman–Crippen MR) is 84.5 cm³/mol. The van der Waals surface area contributed by atoms with Crippen LogP contribution in [0.5, 0.6) is 5.75 Å². The van der Waals surface area contributed by atoms with Gasteiger partial charge in [-0.15, -0.1) is 0 Å². The Hall–Kier alpha value is -0.870. The van der Waals surface area contributed by atoms with Gasteiger partial charge in [0.1, 0.15) is 11.9 Å². The van der Waals surface area contributed by atoms with E-state index in [0.29, 0.717) is 0 Å². The summed E-state index contributed by atoms with van der Waals surface area (Å²) < 4.78 is 12.3. The normalized spacial score (nSPS) is 25.6. The second-order valence-electron chi connectivity index (χ2n) is 5.86. The van der Waals surface area contributed by atoms with Gasteiger partial charge in [-0.2, -0.15) is 11.8 Å². The van der Waals surface area contributed by atoms with Crippen LogP contribution in [0.25, 0.3) is 0 Å². The number of para-hydroxylation sites is 1. The maximum absolute atomic E-state index is 6.18. The van der Waals surface area contributed by atoms with Crippen molar-refractivity contribution < 1.29 is 9.47 Å². The van der Waals surface area contributed by atoms with Gasteiger partial charge in [0.15, 0.2) is 0 Å². The summed E-state index contributed by atoms with van der Waals surface area (Å²) in [6, 6.07) is 6.00. The first kappa shape index (κ1) is 14.1. The van der Waals surface area contributed by atoms with E-state index in [1.165, 1.54) is 11.5 Å². The second kappa shape index (κ2) is 5.86. The van der Waals surface area contributed by atoms with Crippen molar-refractivity contribution in [3.8, 4) is 5.75 Å². The lowest BCUT2D eigenvalue weighted by Gasteiger charge is -2.43. The number of anilines is 1. The molecule has 0 radical (unpaired) electrons. The molecule has 2 saturated heterocycles. The van der Waals surface area contributed by atoms with Crippen LogP contribution >= 0.6 is 11.8 Å². The molecule has 1 aromatic carbocycles. The highest BCUT2D eigenvalue weighted by atomic mass is 32.2. The molecule has 1 unspecified atom stereocenters. The monoisotopic (exact) mass is 293 g/mol. The zero-order valence-electron chi connectivity index (χ0n) is 12.1. The van der Waals surface area contributed by atoms with E-state index in [4.69, 9.17) is 15.2 Å². The van der Waals surface area contributed by atoms with Crippen molar-refractivity contribution in [1.82, 2.24) is 0 Å². The van der Waals surface area contributed by atoms with Gasteiger partial charge in [0.25, 0.3) is 0 Å². The van der Waals surface area contributed by atoms with Crippen molar-refractivity contribution >= 4 is 17.4 Å². The highest BCUT2D eigenvalue weighted by molar-refractivity contribution is 7.99. The van der Waals surface area contributed by atoms with Gasteiger partial charge in [-0.3, -0.25) is 0 Å². The third kappa shape index (κ3) is 2.91. The summed E-state index contributed by atoms with van der Waals surface area (Å²) in [5, 5.41) is 0. The van der Waals surface area contributed by atoms with E-state index in [9.17, 15) is 0 Å². The van der Waals surface area contributed by atoms with E-state index >= 15 is 0 Å². The van der Waals surface area contributed by atoms with Crippen LogP contribution in [0.4, 0.5) is 5.69 Å². The summed E-state index contributed by atoms with van der Waals surface area (Å²) in [5.41, 5.74) is 8.02. The first-order valence-corrected chi connectivity index (χ1v) is 8.57. The zero-order chi connectivity index (χ0) is 14.0. The molecular formula is C16H23NO2S. The largest absolute Gasteiger partial charge is 0.488 e. The van der Waals surface area contributed by atoms with Crippen LogP contribution in [0.15, 0.2) is 18.2 Å². The second-order valence-corrected chi connectivity index (χ2v) is 7.09. The molecular weight excluding hydrogens is 270 g/mol. The topological polar surface area (TPSA) is 44.5 Å². The number of hydrogen-bond acceptors (Lipinski definition) is 4. The Morgan fingerprint density at radius 3 is 2.95 bits per heavy atom. The van der Waals surface area contributed by atoms with Crippen molar-refractivity contribution in [2.45, 2.75) is 44.3 Å². The summed E-state index contributed by atoms with van der Waals surface area (Å²) in [6.07, 6.45) is 4.50. The quantitative estimate of drug-likeness (QED) is 0.849. The summed E-state index contributed by atoms with van der Waals surface area (Å²) in [7, 11) is 0. The van der Waals surface area contributed by atoms with Gasteiger partial charge >= 0.3 is 0 Å². The number of thioether (sulfide) groups is 1. The predicted octanol–water partition coefficient (Wildman–Crippen LogP) is 3.40. The molecule has 1 atom stereocenters. The van der Waals surface area contributed by atoms with Crippen LogP contribution in [0.1, 0.15) is 31.2 Å². The Kier molecular flexibility index (Phi) is 4.13. The lowest BCUT2D eigenvalue weighted by molar-refractivity contribution is -0.116. The van der Waals surface area contributed by atoms with Gasteiger partial charge in [-0.05, 0) is 42.9 Å². The minimum Gasteiger partial charge on any atom is -0.488 e. The number of ether oxygens (including phenoxy) is 2. The molecule has 110 valence electrons. The van der Waals surface area contributed by atoms with Gasteiger partial charge in [-0.1, -0.05) is 12.1 Å². The number of nitrogen functional groups attached to an aromatic ring is 1. The molecule has 0 aliphatic carbocycles. The van der Waals surface area contributed by atoms with Gasteiger partial charge in [0.05, 0.1) is 17.9 Å². The maximum Gasteiger partial charge on any atom is 0.142 e. The van der Waals surface area contributed by atoms with Crippen LogP contribution in [-0.2, 0) is 4.74 Å². The summed E-state index contributed by atoms with van der Waals surface area (Å²) in [6.45, 7) is 2.83. The molecule has 3 rings (SSSR count). The fourth-order valence-corrected chi connectivity index (χ4v) is 4.35. The molecule has 2 aliphatic heterocycles. The Bertz CT molecular complexity index is 466. The van der Waals surface area contributed by atoms with Crippen LogP contribution in [-0.4, -0.2) is 29.8 Å². The van der Waals surface area contributed by atoms with E-state index in [2.05, 4.69) is 0 Å². The first-order valence-electron chi connectivity index (χ1n) is 7.42. The van der Waals surface area contributed by atoms with Gasteiger partial charge < -0.3 is 15.2 Å². The van der Waals surface area contributed by atoms with E-state index in [1.807, 2.05) is 36.9 Å². The number of nitrogens with two attached hydrogens (primary N) is 1.